The third kappa shape index (κ3) is 3.02. The molecule has 2 aliphatic rings. The van der Waals surface area contributed by atoms with E-state index in [9.17, 15) is 0 Å². The fourth-order valence-electron chi connectivity index (χ4n) is 3.05. The van der Waals surface area contributed by atoms with Gasteiger partial charge < -0.3 is 4.52 Å². The number of nitrogens with zero attached hydrogens (tertiary/aromatic N) is 5. The summed E-state index contributed by atoms with van der Waals surface area (Å²) in [7, 11) is 0. The molecule has 6 heteroatoms. The SMILES string of the molecule is Cc1cnc(CN2CCCC(c3noc(C4CC4)n3)C2)cn1. The summed E-state index contributed by atoms with van der Waals surface area (Å²) in [6.07, 6.45) is 8.41. The lowest BCUT2D eigenvalue weighted by atomic mass is 9.97. The third-order valence-corrected chi connectivity index (χ3v) is 4.47. The number of hydrogen-bond donors (Lipinski definition) is 0. The van der Waals surface area contributed by atoms with Gasteiger partial charge in [-0.25, -0.2) is 0 Å². The van der Waals surface area contributed by atoms with Gasteiger partial charge in [-0.05, 0) is 39.2 Å². The summed E-state index contributed by atoms with van der Waals surface area (Å²) in [4.78, 5) is 15.8. The van der Waals surface area contributed by atoms with E-state index < -0.39 is 0 Å². The molecule has 22 heavy (non-hydrogen) atoms. The van der Waals surface area contributed by atoms with Gasteiger partial charge >= 0.3 is 0 Å². The lowest BCUT2D eigenvalue weighted by molar-refractivity contribution is 0.192. The second-order valence-corrected chi connectivity index (χ2v) is 6.49. The maximum absolute atomic E-state index is 5.41. The largest absolute Gasteiger partial charge is 0.339 e. The summed E-state index contributed by atoms with van der Waals surface area (Å²) in [5, 5.41) is 4.21. The first-order valence-electron chi connectivity index (χ1n) is 8.11. The normalized spacial score (nSPS) is 22.9. The van der Waals surface area contributed by atoms with Crippen molar-refractivity contribution in [2.75, 3.05) is 13.1 Å². The molecule has 0 aromatic carbocycles. The summed E-state index contributed by atoms with van der Waals surface area (Å²) in [5.74, 6) is 2.64. The molecule has 2 aromatic rings. The Kier molecular flexibility index (Phi) is 3.62. The average Bonchev–Trinajstić information content (AvgIpc) is 3.27. The predicted octanol–water partition coefficient (Wildman–Crippen LogP) is 2.43. The minimum absolute atomic E-state index is 0.378. The lowest BCUT2D eigenvalue weighted by Crippen LogP contribution is -2.34. The standard InChI is InChI=1S/C16H21N5O/c1-11-7-18-14(8-17-11)10-21-6-2-3-13(9-21)15-19-16(22-20-15)12-4-5-12/h7-8,12-13H,2-6,9-10H2,1H3. The van der Waals surface area contributed by atoms with Crippen LogP contribution in [-0.4, -0.2) is 38.1 Å². The molecular formula is C16H21N5O. The van der Waals surface area contributed by atoms with Crippen LogP contribution in [0.3, 0.4) is 0 Å². The Morgan fingerprint density at radius 2 is 2.09 bits per heavy atom. The zero-order valence-corrected chi connectivity index (χ0v) is 12.9. The first kappa shape index (κ1) is 13.8. The van der Waals surface area contributed by atoms with Crippen molar-refractivity contribution in [1.82, 2.24) is 25.0 Å². The van der Waals surface area contributed by atoms with E-state index in [0.717, 1.165) is 55.6 Å². The van der Waals surface area contributed by atoms with Gasteiger partial charge in [-0.3, -0.25) is 14.9 Å². The van der Waals surface area contributed by atoms with Gasteiger partial charge in [-0.1, -0.05) is 5.16 Å². The van der Waals surface area contributed by atoms with E-state index in [4.69, 9.17) is 4.52 Å². The predicted molar refractivity (Wildman–Crippen MR) is 80.3 cm³/mol. The van der Waals surface area contributed by atoms with Gasteiger partial charge in [0, 0.05) is 37.3 Å². The van der Waals surface area contributed by atoms with Crippen molar-refractivity contribution >= 4 is 0 Å². The summed E-state index contributed by atoms with van der Waals surface area (Å²) >= 11 is 0. The Bertz CT molecular complexity index is 634. The Hall–Kier alpha value is -1.82. The van der Waals surface area contributed by atoms with E-state index in [1.165, 1.54) is 12.8 Å². The zero-order chi connectivity index (χ0) is 14.9. The van der Waals surface area contributed by atoms with Gasteiger partial charge in [-0.15, -0.1) is 0 Å². The molecule has 0 radical (unpaired) electrons. The van der Waals surface area contributed by atoms with Crippen LogP contribution in [0, 0.1) is 6.92 Å². The van der Waals surface area contributed by atoms with Crippen LogP contribution in [0.15, 0.2) is 16.9 Å². The number of aryl methyl sites for hydroxylation is 1. The number of aromatic nitrogens is 4. The molecule has 1 saturated carbocycles. The average molecular weight is 299 g/mol. The number of rotatable bonds is 4. The fourth-order valence-corrected chi connectivity index (χ4v) is 3.05. The summed E-state index contributed by atoms with van der Waals surface area (Å²) < 4.78 is 5.41. The molecule has 1 aliphatic carbocycles. The van der Waals surface area contributed by atoms with Crippen LogP contribution < -0.4 is 0 Å². The van der Waals surface area contributed by atoms with E-state index in [1.54, 1.807) is 0 Å². The van der Waals surface area contributed by atoms with Gasteiger partial charge in [0.1, 0.15) is 0 Å². The molecule has 4 rings (SSSR count). The van der Waals surface area contributed by atoms with Crippen molar-refractivity contribution in [3.05, 3.63) is 35.5 Å². The number of hydrogen-bond acceptors (Lipinski definition) is 6. The molecule has 2 aromatic heterocycles. The smallest absolute Gasteiger partial charge is 0.229 e. The van der Waals surface area contributed by atoms with Gasteiger partial charge in [0.05, 0.1) is 11.4 Å². The molecule has 0 bridgehead atoms. The summed E-state index contributed by atoms with van der Waals surface area (Å²) in [6.45, 7) is 4.87. The van der Waals surface area contributed by atoms with Crippen molar-refractivity contribution in [2.24, 2.45) is 0 Å². The van der Waals surface area contributed by atoms with Gasteiger partial charge in [-0.2, -0.15) is 4.98 Å². The molecule has 1 saturated heterocycles. The van der Waals surface area contributed by atoms with E-state index in [-0.39, 0.29) is 0 Å². The second kappa shape index (κ2) is 5.76. The molecule has 1 unspecified atom stereocenters. The molecule has 3 heterocycles. The molecule has 6 nitrogen and oxygen atoms in total. The van der Waals surface area contributed by atoms with Crippen molar-refractivity contribution in [1.29, 1.82) is 0 Å². The fraction of sp³-hybridized carbons (Fsp3) is 0.625. The second-order valence-electron chi connectivity index (χ2n) is 6.49. The molecule has 116 valence electrons. The molecular weight excluding hydrogens is 278 g/mol. The van der Waals surface area contributed by atoms with Crippen molar-refractivity contribution in [2.45, 2.75) is 51.0 Å². The lowest BCUT2D eigenvalue weighted by Gasteiger charge is -2.30. The van der Waals surface area contributed by atoms with E-state index in [1.807, 2.05) is 19.3 Å². The topological polar surface area (TPSA) is 67.9 Å². The molecule has 1 atom stereocenters. The highest BCUT2D eigenvalue weighted by Crippen LogP contribution is 2.39. The monoisotopic (exact) mass is 299 g/mol. The summed E-state index contributed by atoms with van der Waals surface area (Å²) in [6, 6.07) is 0. The Labute approximate surface area is 130 Å². The van der Waals surface area contributed by atoms with E-state index in [0.29, 0.717) is 11.8 Å². The molecule has 0 amide bonds. The third-order valence-electron chi connectivity index (χ3n) is 4.47. The first-order chi connectivity index (χ1) is 10.8. The Morgan fingerprint density at radius 1 is 1.18 bits per heavy atom. The molecule has 2 fully saturated rings. The van der Waals surface area contributed by atoms with Crippen LogP contribution in [-0.2, 0) is 6.54 Å². The Morgan fingerprint density at radius 3 is 2.86 bits per heavy atom. The van der Waals surface area contributed by atoms with Gasteiger partial charge in [0.25, 0.3) is 0 Å². The number of piperidine rings is 1. The highest BCUT2D eigenvalue weighted by atomic mass is 16.5. The molecule has 1 aliphatic heterocycles. The first-order valence-corrected chi connectivity index (χ1v) is 8.11. The van der Waals surface area contributed by atoms with Crippen LogP contribution in [0.2, 0.25) is 0 Å². The summed E-state index contributed by atoms with van der Waals surface area (Å²) in [5.41, 5.74) is 1.98. The van der Waals surface area contributed by atoms with Crippen LogP contribution in [0.5, 0.6) is 0 Å². The zero-order valence-electron chi connectivity index (χ0n) is 12.9. The van der Waals surface area contributed by atoms with Gasteiger partial charge in [0.15, 0.2) is 5.82 Å². The maximum atomic E-state index is 5.41. The van der Waals surface area contributed by atoms with Crippen molar-refractivity contribution in [3.8, 4) is 0 Å². The van der Waals surface area contributed by atoms with E-state index >= 15 is 0 Å². The van der Waals surface area contributed by atoms with Crippen LogP contribution >= 0.6 is 0 Å². The van der Waals surface area contributed by atoms with Gasteiger partial charge in [0.2, 0.25) is 5.89 Å². The van der Waals surface area contributed by atoms with E-state index in [2.05, 4.69) is 25.0 Å². The molecule has 0 spiro atoms. The molecule has 0 N–H and O–H groups in total. The minimum Gasteiger partial charge on any atom is -0.339 e. The van der Waals surface area contributed by atoms with Crippen molar-refractivity contribution < 1.29 is 4.52 Å². The van der Waals surface area contributed by atoms with Crippen molar-refractivity contribution in [3.63, 3.8) is 0 Å². The Balaban J connectivity index is 1.41. The van der Waals surface area contributed by atoms with Crippen LogP contribution in [0.1, 0.15) is 60.6 Å². The van der Waals surface area contributed by atoms with Crippen LogP contribution in [0.25, 0.3) is 0 Å². The highest BCUT2D eigenvalue weighted by molar-refractivity contribution is 5.06. The van der Waals surface area contributed by atoms with Crippen LogP contribution in [0.4, 0.5) is 0 Å². The quantitative estimate of drug-likeness (QED) is 0.863. The number of likely N-dealkylation sites (tertiary alicyclic amines) is 1. The maximum Gasteiger partial charge on any atom is 0.229 e. The minimum atomic E-state index is 0.378. The highest BCUT2D eigenvalue weighted by Gasteiger charge is 2.32.